The van der Waals surface area contributed by atoms with Crippen LogP contribution in [0.15, 0.2) is 84.9 Å². The number of halogens is 2. The Morgan fingerprint density at radius 3 is 2.38 bits per heavy atom. The molecule has 5 aromatic rings. The van der Waals surface area contributed by atoms with Crippen LogP contribution in [0.3, 0.4) is 0 Å². The van der Waals surface area contributed by atoms with E-state index in [4.69, 9.17) is 27.6 Å². The third-order valence-corrected chi connectivity index (χ3v) is 8.67. The van der Waals surface area contributed by atoms with Crippen LogP contribution in [0.5, 0.6) is 0 Å². The van der Waals surface area contributed by atoms with Crippen LogP contribution >= 0.6 is 34.5 Å². The van der Waals surface area contributed by atoms with Gasteiger partial charge in [-0.1, -0.05) is 11.6 Å². The maximum Gasteiger partial charge on any atom is 0.333 e. The summed E-state index contributed by atoms with van der Waals surface area (Å²) in [6.07, 6.45) is 0. The van der Waals surface area contributed by atoms with Gasteiger partial charge in [-0.2, -0.15) is 0 Å². The fourth-order valence-electron chi connectivity index (χ4n) is 3.66. The molecule has 3 heterocycles. The number of furan rings is 1. The molecule has 2 aromatic carbocycles. The zero-order chi connectivity index (χ0) is 27.7. The Hall–Kier alpha value is -4.04. The number of carbonyl (C=O) groups is 1. The number of aromatic amines is 1. The van der Waals surface area contributed by atoms with Crippen molar-refractivity contribution in [1.29, 1.82) is 0 Å². The highest BCUT2D eigenvalue weighted by atomic mass is 35.5. The molecule has 0 bridgehead atoms. The number of H-pyrrole nitrogens is 1. The van der Waals surface area contributed by atoms with E-state index in [2.05, 4.69) is 15.6 Å². The average Bonchev–Trinajstić information content (AvgIpc) is 3.51. The van der Waals surface area contributed by atoms with Crippen molar-refractivity contribution in [3.63, 3.8) is 0 Å². The Morgan fingerprint density at radius 2 is 1.72 bits per heavy atom. The Bertz CT molecular complexity index is 1930. The second kappa shape index (κ2) is 10.6. The lowest BCUT2D eigenvalue weighted by Gasteiger charge is -2.10. The fraction of sp³-hybridized carbons (Fsp3) is 0.0417. The maximum atomic E-state index is 13.1. The number of hydrogen-bond acceptors (Lipinski definition) is 8. The van der Waals surface area contributed by atoms with Crippen LogP contribution in [-0.4, -0.2) is 24.0 Å². The summed E-state index contributed by atoms with van der Waals surface area (Å²) < 4.78 is 32.9. The van der Waals surface area contributed by atoms with E-state index in [1.54, 1.807) is 30.3 Å². The third kappa shape index (κ3) is 5.86. The number of benzene rings is 2. The first-order chi connectivity index (χ1) is 18.6. The zero-order valence-electron chi connectivity index (χ0n) is 19.5. The summed E-state index contributed by atoms with van der Waals surface area (Å²) in [5.41, 5.74) is 0.257. The molecule has 39 heavy (non-hydrogen) atoms. The summed E-state index contributed by atoms with van der Waals surface area (Å²) in [6, 6.07) is 15.7. The van der Waals surface area contributed by atoms with Crippen molar-refractivity contribution in [2.24, 2.45) is 0 Å². The summed E-state index contributed by atoms with van der Waals surface area (Å²) >= 11 is 12.3. The Morgan fingerprint density at radius 1 is 0.974 bits per heavy atom. The number of nitrogens with one attached hydrogen (secondary N) is 4. The summed E-state index contributed by atoms with van der Waals surface area (Å²) in [5, 5.41) is 6.08. The third-order valence-electron chi connectivity index (χ3n) is 5.42. The van der Waals surface area contributed by atoms with Gasteiger partial charge in [0.1, 0.15) is 9.97 Å². The summed E-state index contributed by atoms with van der Waals surface area (Å²) in [4.78, 5) is 40.9. The van der Waals surface area contributed by atoms with Gasteiger partial charge in [0.05, 0.1) is 27.5 Å². The first-order valence-corrected chi connectivity index (χ1v) is 14.1. The van der Waals surface area contributed by atoms with Crippen molar-refractivity contribution >= 4 is 72.9 Å². The van der Waals surface area contributed by atoms with Crippen molar-refractivity contribution in [3.05, 3.63) is 103 Å². The Labute approximate surface area is 234 Å². The van der Waals surface area contributed by atoms with E-state index in [-0.39, 0.29) is 30.5 Å². The van der Waals surface area contributed by atoms with Gasteiger partial charge in [-0.15, -0.1) is 11.3 Å². The van der Waals surface area contributed by atoms with Gasteiger partial charge in [0.2, 0.25) is 0 Å². The van der Waals surface area contributed by atoms with Gasteiger partial charge in [-0.05, 0) is 78.3 Å². The molecule has 3 aromatic heterocycles. The van der Waals surface area contributed by atoms with Gasteiger partial charge < -0.3 is 20.0 Å². The van der Waals surface area contributed by atoms with Gasteiger partial charge in [-0.25, -0.2) is 27.3 Å². The summed E-state index contributed by atoms with van der Waals surface area (Å²) in [6.45, 7) is 0.353. The van der Waals surface area contributed by atoms with Crippen LogP contribution in [0.1, 0.15) is 5.76 Å². The predicted octanol–water partition coefficient (Wildman–Crippen LogP) is 4.76. The van der Waals surface area contributed by atoms with Crippen molar-refractivity contribution in [1.82, 2.24) is 14.3 Å². The molecule has 5 rings (SSSR count). The second-order valence-corrected chi connectivity index (χ2v) is 12.1. The van der Waals surface area contributed by atoms with Gasteiger partial charge in [0.25, 0.3) is 15.6 Å². The molecule has 0 atom stereocenters. The number of sulfonamides is 1. The first kappa shape index (κ1) is 26.6. The number of hydrogen-bond donors (Lipinski definition) is 4. The molecular weight excluding hydrogens is 589 g/mol. The molecule has 0 aliphatic rings. The van der Waals surface area contributed by atoms with Crippen molar-refractivity contribution in [3.8, 4) is 5.69 Å². The van der Waals surface area contributed by atoms with Crippen LogP contribution < -0.4 is 26.6 Å². The Balaban J connectivity index is 1.32. The van der Waals surface area contributed by atoms with Crippen LogP contribution in [0.4, 0.5) is 16.2 Å². The molecule has 200 valence electrons. The SMILES string of the molecule is O=C(Nc1ccc(-n2c(=O)[nH]c3cc(NCc4ccc(Cl)o4)ccc3c2=O)cc1)NS(=O)(=O)c1ccc(Cl)s1. The van der Waals surface area contributed by atoms with E-state index < -0.39 is 27.3 Å². The van der Waals surface area contributed by atoms with E-state index in [0.717, 1.165) is 15.9 Å². The van der Waals surface area contributed by atoms with E-state index in [1.807, 2.05) is 4.72 Å². The minimum atomic E-state index is -4.10. The molecule has 0 aliphatic heterocycles. The molecule has 15 heteroatoms. The summed E-state index contributed by atoms with van der Waals surface area (Å²) in [5.74, 6) is 0.619. The number of urea groups is 1. The number of anilines is 2. The predicted molar refractivity (Wildman–Crippen MR) is 150 cm³/mol. The maximum absolute atomic E-state index is 13.1. The zero-order valence-corrected chi connectivity index (χ0v) is 22.7. The van der Waals surface area contributed by atoms with Crippen molar-refractivity contribution in [2.45, 2.75) is 10.8 Å². The Kier molecular flexibility index (Phi) is 7.23. The molecule has 0 fully saturated rings. The van der Waals surface area contributed by atoms with Gasteiger partial charge in [0, 0.05) is 11.4 Å². The van der Waals surface area contributed by atoms with Gasteiger partial charge >= 0.3 is 11.7 Å². The number of carbonyl (C=O) groups excluding carboxylic acids is 1. The number of nitrogens with zero attached hydrogens (tertiary/aromatic N) is 1. The molecule has 4 N–H and O–H groups in total. The molecule has 0 aliphatic carbocycles. The first-order valence-electron chi connectivity index (χ1n) is 11.1. The molecule has 0 radical (unpaired) electrons. The normalized spacial score (nSPS) is 11.4. The summed E-state index contributed by atoms with van der Waals surface area (Å²) in [7, 11) is -4.10. The number of fused-ring (bicyclic) bond motifs is 1. The van der Waals surface area contributed by atoms with Gasteiger partial charge in [0.15, 0.2) is 5.22 Å². The van der Waals surface area contributed by atoms with Crippen LogP contribution in [0.2, 0.25) is 9.56 Å². The number of thiophene rings is 1. The molecule has 11 nitrogen and oxygen atoms in total. The number of aromatic nitrogens is 2. The smallest absolute Gasteiger partial charge is 0.333 e. The number of rotatable bonds is 7. The largest absolute Gasteiger partial charge is 0.448 e. The lowest BCUT2D eigenvalue weighted by atomic mass is 10.2. The van der Waals surface area contributed by atoms with Gasteiger partial charge in [-0.3, -0.25) is 4.79 Å². The molecule has 0 unspecified atom stereocenters. The monoisotopic (exact) mass is 605 g/mol. The topological polar surface area (TPSA) is 155 Å². The molecular formula is C24H17Cl2N5O6S2. The molecule has 0 spiro atoms. The minimum absolute atomic E-state index is 0.113. The van der Waals surface area contributed by atoms with E-state index in [0.29, 0.717) is 23.5 Å². The molecule has 0 saturated heterocycles. The highest BCUT2D eigenvalue weighted by molar-refractivity contribution is 7.92. The van der Waals surface area contributed by atoms with E-state index in [1.165, 1.54) is 36.4 Å². The highest BCUT2D eigenvalue weighted by Crippen LogP contribution is 2.25. The highest BCUT2D eigenvalue weighted by Gasteiger charge is 2.20. The quantitative estimate of drug-likeness (QED) is 0.208. The minimum Gasteiger partial charge on any atom is -0.448 e. The second-order valence-electron chi connectivity index (χ2n) is 8.06. The number of amides is 2. The van der Waals surface area contributed by atoms with Crippen molar-refractivity contribution in [2.75, 3.05) is 10.6 Å². The lowest BCUT2D eigenvalue weighted by Crippen LogP contribution is -2.34. The van der Waals surface area contributed by atoms with E-state index >= 15 is 0 Å². The van der Waals surface area contributed by atoms with E-state index in [9.17, 15) is 22.8 Å². The fourth-order valence-corrected chi connectivity index (χ4v) is 6.22. The van der Waals surface area contributed by atoms with Crippen LogP contribution in [0.25, 0.3) is 16.6 Å². The van der Waals surface area contributed by atoms with Crippen molar-refractivity contribution < 1.29 is 17.6 Å². The van der Waals surface area contributed by atoms with Crippen LogP contribution in [0, 0.1) is 0 Å². The standard InChI is InChI=1S/C24H17Cl2N5O6S2/c25-19-8-6-16(37-19)12-27-14-3-7-17-18(11-14)29-24(34)31(22(17)32)15-4-1-13(2-5-15)28-23(33)30-39(35,36)21-10-9-20(26)38-21/h1-11,27H,12H2,(H,29,34)(H2,28,30,33). The molecule has 0 saturated carbocycles. The van der Waals surface area contributed by atoms with Crippen LogP contribution in [-0.2, 0) is 16.6 Å². The lowest BCUT2D eigenvalue weighted by molar-refractivity contribution is 0.256. The molecule has 2 amide bonds. The average molecular weight is 606 g/mol.